The summed E-state index contributed by atoms with van der Waals surface area (Å²) in [6.07, 6.45) is 2.87. The van der Waals surface area contributed by atoms with Crippen molar-refractivity contribution >= 4 is 11.3 Å². The number of hydrogen-bond acceptors (Lipinski definition) is 4. The molecule has 0 saturated carbocycles. The number of furan rings is 1. The second-order valence-electron chi connectivity index (χ2n) is 7.13. The van der Waals surface area contributed by atoms with Crippen LogP contribution in [0.15, 0.2) is 57.3 Å². The fraction of sp³-hybridized carbons (Fsp3) is 0.350. The van der Waals surface area contributed by atoms with E-state index in [9.17, 15) is 4.79 Å². The lowest BCUT2D eigenvalue weighted by Crippen LogP contribution is -2.46. The highest BCUT2D eigenvalue weighted by Crippen LogP contribution is 2.40. The van der Waals surface area contributed by atoms with E-state index in [1.807, 2.05) is 34.1 Å². The molecule has 2 unspecified atom stereocenters. The summed E-state index contributed by atoms with van der Waals surface area (Å²) in [4.78, 5) is 16.4. The van der Waals surface area contributed by atoms with Crippen molar-refractivity contribution in [3.63, 3.8) is 0 Å². The molecule has 1 saturated heterocycles. The first kappa shape index (κ1) is 15.2. The minimum Gasteiger partial charge on any atom is -0.464 e. The average Bonchev–Trinajstić information content (AvgIpc) is 3.29. The first-order chi connectivity index (χ1) is 12.3. The Bertz CT molecular complexity index is 927. The number of rotatable bonds is 3. The second-order valence-corrected chi connectivity index (χ2v) is 8.16. The molecule has 0 aliphatic carbocycles. The zero-order chi connectivity index (χ0) is 16.8. The first-order valence-corrected chi connectivity index (χ1v) is 9.68. The summed E-state index contributed by atoms with van der Waals surface area (Å²) in [6, 6.07) is 11.8. The monoisotopic (exact) mass is 352 g/mol. The summed E-state index contributed by atoms with van der Waals surface area (Å²) < 4.78 is 7.65. The predicted octanol–water partition coefficient (Wildman–Crippen LogP) is 3.79. The van der Waals surface area contributed by atoms with E-state index in [0.717, 1.165) is 49.6 Å². The number of pyridine rings is 1. The Morgan fingerprint density at radius 1 is 1.12 bits per heavy atom. The van der Waals surface area contributed by atoms with Crippen LogP contribution in [0.2, 0.25) is 0 Å². The molecule has 0 N–H and O–H groups in total. The van der Waals surface area contributed by atoms with Crippen LogP contribution in [0.4, 0.5) is 0 Å². The van der Waals surface area contributed by atoms with Crippen LogP contribution in [0.25, 0.3) is 11.3 Å². The normalized spacial score (nSPS) is 22.7. The van der Waals surface area contributed by atoms with E-state index in [-0.39, 0.29) is 5.56 Å². The highest BCUT2D eigenvalue weighted by Gasteiger charge is 2.36. The summed E-state index contributed by atoms with van der Waals surface area (Å²) in [5.41, 5.74) is 2.35. The highest BCUT2D eigenvalue weighted by atomic mass is 32.1. The zero-order valence-electron chi connectivity index (χ0n) is 13.9. The third-order valence-corrected chi connectivity index (χ3v) is 6.27. The van der Waals surface area contributed by atoms with Crippen molar-refractivity contribution in [2.24, 2.45) is 5.92 Å². The fourth-order valence-electron chi connectivity index (χ4n) is 4.51. The number of nitrogens with zero attached hydrogens (tertiary/aromatic N) is 2. The van der Waals surface area contributed by atoms with E-state index in [4.69, 9.17) is 4.42 Å². The minimum absolute atomic E-state index is 0.117. The van der Waals surface area contributed by atoms with Gasteiger partial charge < -0.3 is 8.98 Å². The van der Waals surface area contributed by atoms with Gasteiger partial charge in [-0.2, -0.15) is 0 Å². The number of thiophene rings is 1. The number of hydrogen-bond donors (Lipinski definition) is 0. The summed E-state index contributed by atoms with van der Waals surface area (Å²) in [6.45, 7) is 3.91. The van der Waals surface area contributed by atoms with E-state index >= 15 is 0 Å². The van der Waals surface area contributed by atoms with Crippen LogP contribution in [-0.4, -0.2) is 22.6 Å². The van der Waals surface area contributed by atoms with Gasteiger partial charge in [-0.1, -0.05) is 6.07 Å². The third-order valence-electron chi connectivity index (χ3n) is 5.41. The van der Waals surface area contributed by atoms with Crippen molar-refractivity contribution in [3.8, 4) is 11.3 Å². The zero-order valence-corrected chi connectivity index (χ0v) is 14.7. The second kappa shape index (κ2) is 6.00. The van der Waals surface area contributed by atoms with Crippen LogP contribution in [-0.2, 0) is 13.1 Å². The molecule has 2 aliphatic rings. The Kier molecular flexibility index (Phi) is 3.64. The van der Waals surface area contributed by atoms with Crippen molar-refractivity contribution < 1.29 is 4.42 Å². The molecule has 2 atom stereocenters. The minimum atomic E-state index is 0.117. The van der Waals surface area contributed by atoms with Crippen LogP contribution in [0.3, 0.4) is 0 Å². The van der Waals surface area contributed by atoms with Gasteiger partial charge in [0.1, 0.15) is 5.76 Å². The van der Waals surface area contributed by atoms with Gasteiger partial charge >= 0.3 is 0 Å². The Hall–Kier alpha value is -2.11. The van der Waals surface area contributed by atoms with Gasteiger partial charge in [-0.3, -0.25) is 9.69 Å². The first-order valence-electron chi connectivity index (χ1n) is 8.80. The molecular formula is C20H20N2O2S. The number of aromatic nitrogens is 1. The molecule has 0 radical (unpaired) electrons. The van der Waals surface area contributed by atoms with Crippen molar-refractivity contribution in [1.29, 1.82) is 0 Å². The van der Waals surface area contributed by atoms with Gasteiger partial charge in [0, 0.05) is 54.3 Å². The highest BCUT2D eigenvalue weighted by molar-refractivity contribution is 7.09. The fourth-order valence-corrected chi connectivity index (χ4v) is 5.25. The lowest BCUT2D eigenvalue weighted by molar-refractivity contribution is 0.115. The molecule has 0 spiro atoms. The molecule has 3 aromatic heterocycles. The van der Waals surface area contributed by atoms with Crippen molar-refractivity contribution in [3.05, 3.63) is 69.0 Å². The molecule has 2 aliphatic heterocycles. The lowest BCUT2D eigenvalue weighted by atomic mass is 9.81. The molecule has 1 fully saturated rings. The van der Waals surface area contributed by atoms with E-state index in [0.29, 0.717) is 11.8 Å². The van der Waals surface area contributed by atoms with Gasteiger partial charge in [0.15, 0.2) is 0 Å². The molecule has 25 heavy (non-hydrogen) atoms. The Labute approximate surface area is 150 Å². The summed E-state index contributed by atoms with van der Waals surface area (Å²) in [5.74, 6) is 1.80. The van der Waals surface area contributed by atoms with Gasteiger partial charge in [0.2, 0.25) is 0 Å². The van der Waals surface area contributed by atoms with Crippen LogP contribution in [0.5, 0.6) is 0 Å². The topological polar surface area (TPSA) is 38.4 Å². The summed E-state index contributed by atoms with van der Waals surface area (Å²) in [5, 5.41) is 2.14. The van der Waals surface area contributed by atoms with Gasteiger partial charge in [-0.25, -0.2) is 0 Å². The number of likely N-dealkylation sites (tertiary alicyclic amines) is 1. The van der Waals surface area contributed by atoms with Crippen molar-refractivity contribution in [2.75, 3.05) is 13.1 Å². The standard InChI is InChI=1S/C20H20N2O2S/c23-19-6-5-17(18-4-1-7-24-18)20-15-9-14(11-22(19)20)10-21(12-15)13-16-3-2-8-25-16/h1-8,14-15H,9-13H2. The molecule has 5 rings (SSSR count). The molecule has 0 aromatic carbocycles. The number of fused-ring (bicyclic) bond motifs is 4. The quantitative estimate of drug-likeness (QED) is 0.720. The SMILES string of the molecule is O=c1ccc(-c2ccco2)c2n1CC1CC2CN(Cc2cccs2)C1. The molecular weight excluding hydrogens is 332 g/mol. The Balaban J connectivity index is 1.53. The Morgan fingerprint density at radius 3 is 2.88 bits per heavy atom. The van der Waals surface area contributed by atoms with Gasteiger partial charge in [-0.05, 0) is 42.0 Å². The van der Waals surface area contributed by atoms with Gasteiger partial charge in [0.05, 0.1) is 6.26 Å². The molecule has 5 heteroatoms. The molecule has 4 nitrogen and oxygen atoms in total. The van der Waals surface area contributed by atoms with Crippen LogP contribution in [0.1, 0.15) is 22.9 Å². The van der Waals surface area contributed by atoms with Crippen molar-refractivity contribution in [1.82, 2.24) is 9.47 Å². The van der Waals surface area contributed by atoms with Gasteiger partial charge in [-0.15, -0.1) is 11.3 Å². The Morgan fingerprint density at radius 2 is 2.08 bits per heavy atom. The maximum atomic E-state index is 12.5. The summed E-state index contributed by atoms with van der Waals surface area (Å²) in [7, 11) is 0. The van der Waals surface area contributed by atoms with Crippen LogP contribution >= 0.6 is 11.3 Å². The van der Waals surface area contributed by atoms with E-state index < -0.39 is 0 Å². The van der Waals surface area contributed by atoms with Crippen LogP contribution < -0.4 is 5.56 Å². The average molecular weight is 352 g/mol. The lowest BCUT2D eigenvalue weighted by Gasteiger charge is -2.43. The van der Waals surface area contributed by atoms with Crippen molar-refractivity contribution in [2.45, 2.75) is 25.4 Å². The maximum Gasteiger partial charge on any atom is 0.250 e. The molecule has 2 bridgehead atoms. The van der Waals surface area contributed by atoms with E-state index in [2.05, 4.69) is 22.4 Å². The maximum absolute atomic E-state index is 12.5. The van der Waals surface area contributed by atoms with E-state index in [1.165, 1.54) is 4.88 Å². The summed E-state index contributed by atoms with van der Waals surface area (Å²) >= 11 is 1.82. The molecule has 5 heterocycles. The molecule has 0 amide bonds. The smallest absolute Gasteiger partial charge is 0.250 e. The van der Waals surface area contributed by atoms with E-state index in [1.54, 1.807) is 12.3 Å². The van der Waals surface area contributed by atoms with Gasteiger partial charge in [0.25, 0.3) is 5.56 Å². The van der Waals surface area contributed by atoms with Crippen LogP contribution in [0, 0.1) is 5.92 Å². The third kappa shape index (κ3) is 2.68. The predicted molar refractivity (Wildman–Crippen MR) is 98.8 cm³/mol. The molecule has 3 aromatic rings. The largest absolute Gasteiger partial charge is 0.464 e. The number of piperidine rings is 1. The molecule has 128 valence electrons.